The van der Waals surface area contributed by atoms with Crippen LogP contribution in [-0.2, 0) is 0 Å². The van der Waals surface area contributed by atoms with Gasteiger partial charge in [0.15, 0.2) is 0 Å². The van der Waals surface area contributed by atoms with Crippen LogP contribution < -0.4 is 0 Å². The standard InChI is InChI=1S/C8H14ClI/c1-3-5-7(9)8(10)6-4-2/h3-6H2,1-2H3/b8-7+. The molecule has 0 N–H and O–H groups in total. The summed E-state index contributed by atoms with van der Waals surface area (Å²) in [6.07, 6.45) is 4.52. The van der Waals surface area contributed by atoms with Crippen molar-refractivity contribution in [1.29, 1.82) is 0 Å². The minimum atomic E-state index is 1.04. The molecule has 60 valence electrons. The molecule has 0 amide bonds. The molecule has 0 rings (SSSR count). The van der Waals surface area contributed by atoms with Gasteiger partial charge in [0.25, 0.3) is 0 Å². The molecule has 0 aliphatic heterocycles. The van der Waals surface area contributed by atoms with E-state index in [2.05, 4.69) is 36.4 Å². The van der Waals surface area contributed by atoms with Gasteiger partial charge in [0.2, 0.25) is 0 Å². The zero-order valence-electron chi connectivity index (χ0n) is 6.58. The van der Waals surface area contributed by atoms with Crippen LogP contribution in [0.5, 0.6) is 0 Å². The minimum absolute atomic E-state index is 1.04. The van der Waals surface area contributed by atoms with E-state index < -0.39 is 0 Å². The Balaban J connectivity index is 3.79. The molecule has 0 saturated carbocycles. The van der Waals surface area contributed by atoms with Gasteiger partial charge in [-0.3, -0.25) is 0 Å². The third-order valence-electron chi connectivity index (χ3n) is 1.23. The van der Waals surface area contributed by atoms with Crippen molar-refractivity contribution in [3.05, 3.63) is 8.61 Å². The van der Waals surface area contributed by atoms with Crippen LogP contribution in [0.4, 0.5) is 0 Å². The van der Waals surface area contributed by atoms with E-state index in [4.69, 9.17) is 11.6 Å². The molecule has 0 aliphatic carbocycles. The quantitative estimate of drug-likeness (QED) is 0.662. The average molecular weight is 273 g/mol. The van der Waals surface area contributed by atoms with Crippen molar-refractivity contribution >= 4 is 34.2 Å². The second kappa shape index (κ2) is 6.47. The first-order valence-corrected chi connectivity index (χ1v) is 5.21. The van der Waals surface area contributed by atoms with E-state index in [1.54, 1.807) is 0 Å². The van der Waals surface area contributed by atoms with Gasteiger partial charge in [-0.1, -0.05) is 38.3 Å². The van der Waals surface area contributed by atoms with Crippen molar-refractivity contribution in [2.24, 2.45) is 0 Å². The van der Waals surface area contributed by atoms with E-state index in [-0.39, 0.29) is 0 Å². The van der Waals surface area contributed by atoms with Crippen LogP contribution in [0.3, 0.4) is 0 Å². The smallest absolute Gasteiger partial charge is 0.0273 e. The Morgan fingerprint density at radius 3 is 2.10 bits per heavy atom. The van der Waals surface area contributed by atoms with E-state index in [9.17, 15) is 0 Å². The molecule has 2 heteroatoms. The largest absolute Gasteiger partial charge is 0.0884 e. The molecule has 0 atom stereocenters. The first kappa shape index (κ1) is 10.8. The Morgan fingerprint density at radius 1 is 1.20 bits per heavy atom. The van der Waals surface area contributed by atoms with Gasteiger partial charge >= 0.3 is 0 Å². The van der Waals surface area contributed by atoms with Crippen molar-refractivity contribution < 1.29 is 0 Å². The average Bonchev–Trinajstić information content (AvgIpc) is 1.89. The lowest BCUT2D eigenvalue weighted by Gasteiger charge is -1.99. The molecule has 0 fully saturated rings. The SMILES string of the molecule is CCC/C(Cl)=C(\I)CCC. The third-order valence-corrected chi connectivity index (χ3v) is 3.16. The van der Waals surface area contributed by atoms with Crippen molar-refractivity contribution in [1.82, 2.24) is 0 Å². The summed E-state index contributed by atoms with van der Waals surface area (Å²) in [5.41, 5.74) is 0. The monoisotopic (exact) mass is 272 g/mol. The Labute approximate surface area is 82.2 Å². The predicted molar refractivity (Wildman–Crippen MR) is 56.7 cm³/mol. The molecule has 0 spiro atoms. The summed E-state index contributed by atoms with van der Waals surface area (Å²) in [5, 5.41) is 1.06. The normalized spacial score (nSPS) is 13.2. The Bertz CT molecular complexity index is 104. The number of halogens is 2. The van der Waals surface area contributed by atoms with E-state index >= 15 is 0 Å². The van der Waals surface area contributed by atoms with Crippen LogP contribution in [0.2, 0.25) is 0 Å². The first-order chi connectivity index (χ1) is 4.72. The lowest BCUT2D eigenvalue weighted by atomic mass is 10.2. The lowest BCUT2D eigenvalue weighted by Crippen LogP contribution is -1.77. The zero-order chi connectivity index (χ0) is 7.98. The van der Waals surface area contributed by atoms with Gasteiger partial charge in [0.05, 0.1) is 0 Å². The van der Waals surface area contributed by atoms with Gasteiger partial charge in [0, 0.05) is 8.61 Å². The molecule has 0 heterocycles. The van der Waals surface area contributed by atoms with Gasteiger partial charge in [-0.2, -0.15) is 0 Å². The third kappa shape index (κ3) is 4.56. The number of hydrogen-bond donors (Lipinski definition) is 0. The van der Waals surface area contributed by atoms with Crippen LogP contribution in [-0.4, -0.2) is 0 Å². The first-order valence-electron chi connectivity index (χ1n) is 3.75. The molecule has 0 unspecified atom stereocenters. The van der Waals surface area contributed by atoms with E-state index in [0.717, 1.165) is 24.3 Å². The second-order valence-corrected chi connectivity index (χ2v) is 4.07. The van der Waals surface area contributed by atoms with Crippen molar-refractivity contribution in [2.45, 2.75) is 39.5 Å². The van der Waals surface area contributed by atoms with E-state index in [0.29, 0.717) is 0 Å². The lowest BCUT2D eigenvalue weighted by molar-refractivity contribution is 0.906. The maximum atomic E-state index is 5.98. The van der Waals surface area contributed by atoms with Crippen LogP contribution in [0.25, 0.3) is 0 Å². The molecule has 0 radical (unpaired) electrons. The number of allylic oxidation sites excluding steroid dienone is 2. The molecule has 0 aromatic heterocycles. The topological polar surface area (TPSA) is 0 Å². The number of rotatable bonds is 4. The Hall–Kier alpha value is 0.760. The highest BCUT2D eigenvalue weighted by Gasteiger charge is 1.97. The van der Waals surface area contributed by atoms with Crippen molar-refractivity contribution in [2.75, 3.05) is 0 Å². The zero-order valence-corrected chi connectivity index (χ0v) is 9.50. The minimum Gasteiger partial charge on any atom is -0.0884 e. The number of hydrogen-bond acceptors (Lipinski definition) is 0. The van der Waals surface area contributed by atoms with Crippen molar-refractivity contribution in [3.63, 3.8) is 0 Å². The summed E-state index contributed by atoms with van der Waals surface area (Å²) in [4.78, 5) is 0. The van der Waals surface area contributed by atoms with Gasteiger partial charge in [-0.05, 0) is 35.4 Å². The van der Waals surface area contributed by atoms with Gasteiger partial charge in [-0.15, -0.1) is 0 Å². The summed E-state index contributed by atoms with van der Waals surface area (Å²) >= 11 is 8.32. The maximum Gasteiger partial charge on any atom is 0.0273 e. The van der Waals surface area contributed by atoms with Gasteiger partial charge in [-0.25, -0.2) is 0 Å². The molecule has 0 bridgehead atoms. The molecule has 0 aromatic rings. The fourth-order valence-electron chi connectivity index (χ4n) is 0.710. The molecule has 10 heavy (non-hydrogen) atoms. The second-order valence-electron chi connectivity index (χ2n) is 2.31. The van der Waals surface area contributed by atoms with Crippen LogP contribution in [0, 0.1) is 0 Å². The maximum absolute atomic E-state index is 5.98. The van der Waals surface area contributed by atoms with Gasteiger partial charge in [0.1, 0.15) is 0 Å². The summed E-state index contributed by atoms with van der Waals surface area (Å²) in [6, 6.07) is 0. The molecular weight excluding hydrogens is 258 g/mol. The van der Waals surface area contributed by atoms with E-state index in [1.165, 1.54) is 10.0 Å². The molecule has 0 saturated heterocycles. The van der Waals surface area contributed by atoms with Crippen LogP contribution >= 0.6 is 34.2 Å². The molecular formula is C8H14ClI. The fraction of sp³-hybridized carbons (Fsp3) is 0.750. The predicted octanol–water partition coefficient (Wildman–Crippen LogP) is 4.47. The highest BCUT2D eigenvalue weighted by Crippen LogP contribution is 2.24. The highest BCUT2D eigenvalue weighted by molar-refractivity contribution is 14.1. The molecule has 0 nitrogen and oxygen atoms in total. The Kier molecular flexibility index (Phi) is 6.96. The summed E-state index contributed by atoms with van der Waals surface area (Å²) in [5.74, 6) is 0. The van der Waals surface area contributed by atoms with Gasteiger partial charge < -0.3 is 0 Å². The van der Waals surface area contributed by atoms with E-state index in [1.807, 2.05) is 0 Å². The highest BCUT2D eigenvalue weighted by atomic mass is 127. The summed E-state index contributed by atoms with van der Waals surface area (Å²) < 4.78 is 1.34. The summed E-state index contributed by atoms with van der Waals surface area (Å²) in [7, 11) is 0. The fourth-order valence-corrected chi connectivity index (χ4v) is 1.80. The molecule has 0 aromatic carbocycles. The van der Waals surface area contributed by atoms with Crippen molar-refractivity contribution in [3.8, 4) is 0 Å². The van der Waals surface area contributed by atoms with Crippen LogP contribution in [0.15, 0.2) is 8.61 Å². The van der Waals surface area contributed by atoms with Crippen LogP contribution in [0.1, 0.15) is 39.5 Å². The Morgan fingerprint density at radius 2 is 1.70 bits per heavy atom. The molecule has 0 aliphatic rings. The summed E-state index contributed by atoms with van der Waals surface area (Å²) in [6.45, 7) is 4.33.